The van der Waals surface area contributed by atoms with Crippen LogP contribution < -0.4 is 11.3 Å². The lowest BCUT2D eigenvalue weighted by Crippen LogP contribution is -2.29. The molecular formula is C16H18Br2N2. The standard InChI is InChI=1S/C16H18Br2N2/c1-9-6-11(3)14(7-10(9)2)16(20-19)13-5-4-12(17)8-15(13)18/h4-8,16,20H,19H2,1-3H3. The number of rotatable bonds is 3. The van der Waals surface area contributed by atoms with Gasteiger partial charge in [-0.1, -0.05) is 50.1 Å². The highest BCUT2D eigenvalue weighted by molar-refractivity contribution is 9.11. The summed E-state index contributed by atoms with van der Waals surface area (Å²) in [7, 11) is 0. The maximum Gasteiger partial charge on any atom is 0.0723 e. The molecular weight excluding hydrogens is 380 g/mol. The normalized spacial score (nSPS) is 12.5. The minimum absolute atomic E-state index is 0.0308. The summed E-state index contributed by atoms with van der Waals surface area (Å²) < 4.78 is 2.08. The van der Waals surface area contributed by atoms with Crippen LogP contribution in [0.1, 0.15) is 33.9 Å². The number of hydrogen-bond acceptors (Lipinski definition) is 2. The first-order valence-electron chi connectivity index (χ1n) is 6.43. The highest BCUT2D eigenvalue weighted by atomic mass is 79.9. The van der Waals surface area contributed by atoms with Gasteiger partial charge >= 0.3 is 0 Å². The topological polar surface area (TPSA) is 38.0 Å². The second-order valence-corrected chi connectivity index (χ2v) is 6.83. The highest BCUT2D eigenvalue weighted by Gasteiger charge is 2.18. The number of aryl methyl sites for hydroxylation is 3. The van der Waals surface area contributed by atoms with E-state index in [-0.39, 0.29) is 6.04 Å². The van der Waals surface area contributed by atoms with Crippen molar-refractivity contribution in [3.63, 3.8) is 0 Å². The molecule has 20 heavy (non-hydrogen) atoms. The van der Waals surface area contributed by atoms with Crippen molar-refractivity contribution < 1.29 is 0 Å². The van der Waals surface area contributed by atoms with Gasteiger partial charge in [-0.05, 0) is 60.7 Å². The van der Waals surface area contributed by atoms with Crippen molar-refractivity contribution in [2.24, 2.45) is 5.84 Å². The average molecular weight is 398 g/mol. The zero-order valence-corrected chi connectivity index (χ0v) is 15.0. The van der Waals surface area contributed by atoms with Gasteiger partial charge in [-0.3, -0.25) is 5.84 Å². The molecule has 0 heterocycles. The third kappa shape index (κ3) is 3.14. The lowest BCUT2D eigenvalue weighted by atomic mass is 9.92. The van der Waals surface area contributed by atoms with E-state index in [1.54, 1.807) is 0 Å². The van der Waals surface area contributed by atoms with Crippen LogP contribution in [-0.2, 0) is 0 Å². The number of hydrazine groups is 1. The quantitative estimate of drug-likeness (QED) is 0.582. The van der Waals surface area contributed by atoms with Gasteiger partial charge in [0.05, 0.1) is 6.04 Å². The van der Waals surface area contributed by atoms with E-state index < -0.39 is 0 Å². The summed E-state index contributed by atoms with van der Waals surface area (Å²) in [5.74, 6) is 5.82. The van der Waals surface area contributed by atoms with Crippen LogP contribution in [0, 0.1) is 20.8 Å². The van der Waals surface area contributed by atoms with E-state index in [9.17, 15) is 0 Å². The minimum Gasteiger partial charge on any atom is -0.271 e. The molecule has 0 aliphatic heterocycles. The molecule has 0 radical (unpaired) electrons. The fourth-order valence-corrected chi connectivity index (χ4v) is 3.65. The van der Waals surface area contributed by atoms with Gasteiger partial charge in [0.15, 0.2) is 0 Å². The summed E-state index contributed by atoms with van der Waals surface area (Å²) >= 11 is 7.10. The SMILES string of the molecule is Cc1cc(C)c(C(NN)c2ccc(Br)cc2Br)cc1C. The molecule has 1 unspecified atom stereocenters. The van der Waals surface area contributed by atoms with Crippen LogP contribution in [0.5, 0.6) is 0 Å². The molecule has 0 aliphatic carbocycles. The Morgan fingerprint density at radius 3 is 2.15 bits per heavy atom. The van der Waals surface area contributed by atoms with Gasteiger partial charge in [0.2, 0.25) is 0 Å². The Morgan fingerprint density at radius 1 is 0.900 bits per heavy atom. The molecule has 0 fully saturated rings. The van der Waals surface area contributed by atoms with Crippen LogP contribution >= 0.6 is 31.9 Å². The molecule has 0 bridgehead atoms. The van der Waals surface area contributed by atoms with Gasteiger partial charge in [0.25, 0.3) is 0 Å². The van der Waals surface area contributed by atoms with Crippen molar-refractivity contribution in [3.05, 3.63) is 67.1 Å². The second-order valence-electron chi connectivity index (χ2n) is 5.06. The van der Waals surface area contributed by atoms with Crippen LogP contribution in [0.2, 0.25) is 0 Å². The van der Waals surface area contributed by atoms with Crippen molar-refractivity contribution in [3.8, 4) is 0 Å². The largest absolute Gasteiger partial charge is 0.271 e. The first-order chi connectivity index (χ1) is 9.43. The van der Waals surface area contributed by atoms with E-state index in [0.29, 0.717) is 0 Å². The molecule has 4 heteroatoms. The zero-order valence-electron chi connectivity index (χ0n) is 11.8. The third-order valence-corrected chi connectivity index (χ3v) is 4.81. The summed E-state index contributed by atoms with van der Waals surface area (Å²) in [6, 6.07) is 10.5. The summed E-state index contributed by atoms with van der Waals surface area (Å²) in [4.78, 5) is 0. The van der Waals surface area contributed by atoms with Crippen LogP contribution in [-0.4, -0.2) is 0 Å². The third-order valence-electron chi connectivity index (χ3n) is 3.63. The van der Waals surface area contributed by atoms with Crippen molar-refractivity contribution in [2.45, 2.75) is 26.8 Å². The molecule has 2 aromatic rings. The number of halogens is 2. The number of hydrogen-bond donors (Lipinski definition) is 2. The molecule has 1 atom stereocenters. The molecule has 2 aromatic carbocycles. The number of benzene rings is 2. The Morgan fingerprint density at radius 2 is 1.55 bits per heavy atom. The summed E-state index contributed by atoms with van der Waals surface area (Å²) in [6.07, 6.45) is 0. The molecule has 0 amide bonds. The van der Waals surface area contributed by atoms with Crippen molar-refractivity contribution in [1.82, 2.24) is 5.43 Å². The Labute approximate surface area is 137 Å². The van der Waals surface area contributed by atoms with E-state index in [1.807, 2.05) is 12.1 Å². The van der Waals surface area contributed by atoms with E-state index in [2.05, 4.69) is 76.3 Å². The van der Waals surface area contributed by atoms with Crippen LogP contribution in [0.4, 0.5) is 0 Å². The molecule has 0 saturated heterocycles. The van der Waals surface area contributed by atoms with E-state index in [1.165, 1.54) is 22.3 Å². The van der Waals surface area contributed by atoms with E-state index in [0.717, 1.165) is 14.5 Å². The monoisotopic (exact) mass is 396 g/mol. The van der Waals surface area contributed by atoms with Gasteiger partial charge in [-0.2, -0.15) is 0 Å². The molecule has 0 spiro atoms. The maximum absolute atomic E-state index is 5.82. The lowest BCUT2D eigenvalue weighted by Gasteiger charge is -2.22. The van der Waals surface area contributed by atoms with Gasteiger partial charge in [-0.15, -0.1) is 0 Å². The van der Waals surface area contributed by atoms with Crippen LogP contribution in [0.3, 0.4) is 0 Å². The van der Waals surface area contributed by atoms with E-state index in [4.69, 9.17) is 5.84 Å². The number of nitrogens with one attached hydrogen (secondary N) is 1. The van der Waals surface area contributed by atoms with Gasteiger partial charge in [0, 0.05) is 8.95 Å². The average Bonchev–Trinajstić information content (AvgIpc) is 2.38. The van der Waals surface area contributed by atoms with Crippen LogP contribution in [0.15, 0.2) is 39.3 Å². The Bertz CT molecular complexity index is 639. The first-order valence-corrected chi connectivity index (χ1v) is 8.01. The molecule has 3 N–H and O–H groups in total. The molecule has 106 valence electrons. The predicted octanol–water partition coefficient (Wildman–Crippen LogP) is 4.69. The van der Waals surface area contributed by atoms with E-state index >= 15 is 0 Å². The zero-order chi connectivity index (χ0) is 14.9. The van der Waals surface area contributed by atoms with Gasteiger partial charge in [-0.25, -0.2) is 5.43 Å². The molecule has 0 saturated carbocycles. The maximum atomic E-state index is 5.82. The van der Waals surface area contributed by atoms with Crippen LogP contribution in [0.25, 0.3) is 0 Å². The second kappa shape index (κ2) is 6.39. The summed E-state index contributed by atoms with van der Waals surface area (Å²) in [6.45, 7) is 6.38. The molecule has 2 rings (SSSR count). The molecule has 0 aliphatic rings. The highest BCUT2D eigenvalue weighted by Crippen LogP contribution is 2.32. The smallest absolute Gasteiger partial charge is 0.0723 e. The molecule has 2 nitrogen and oxygen atoms in total. The lowest BCUT2D eigenvalue weighted by molar-refractivity contribution is 0.630. The van der Waals surface area contributed by atoms with Gasteiger partial charge < -0.3 is 0 Å². The van der Waals surface area contributed by atoms with Crippen molar-refractivity contribution >= 4 is 31.9 Å². The summed E-state index contributed by atoms with van der Waals surface area (Å²) in [5.41, 5.74) is 9.09. The fourth-order valence-electron chi connectivity index (χ4n) is 2.38. The minimum atomic E-state index is -0.0308. The Hall–Kier alpha value is -0.680. The van der Waals surface area contributed by atoms with Gasteiger partial charge in [0.1, 0.15) is 0 Å². The first kappa shape index (κ1) is 15.7. The Balaban J connectivity index is 2.55. The molecule has 0 aromatic heterocycles. The summed E-state index contributed by atoms with van der Waals surface area (Å²) in [5, 5.41) is 0. The Kier molecular flexibility index (Phi) is 5.02. The number of nitrogens with two attached hydrogens (primary N) is 1. The van der Waals surface area contributed by atoms with Crippen molar-refractivity contribution in [1.29, 1.82) is 0 Å². The predicted molar refractivity (Wildman–Crippen MR) is 91.7 cm³/mol. The van der Waals surface area contributed by atoms with Crippen molar-refractivity contribution in [2.75, 3.05) is 0 Å². The fraction of sp³-hybridized carbons (Fsp3) is 0.250.